The first-order valence-corrected chi connectivity index (χ1v) is 18.5. The highest BCUT2D eigenvalue weighted by Crippen LogP contribution is 2.38. The van der Waals surface area contributed by atoms with Crippen LogP contribution in [-0.2, 0) is 27.4 Å². The van der Waals surface area contributed by atoms with Crippen LogP contribution in [0.1, 0.15) is 129 Å². The van der Waals surface area contributed by atoms with E-state index >= 15 is 0 Å². The molecule has 0 saturated carbocycles. The Balaban J connectivity index is 1.51. The van der Waals surface area contributed by atoms with E-state index in [0.717, 1.165) is 41.5 Å². The van der Waals surface area contributed by atoms with Crippen molar-refractivity contribution >= 4 is 29.9 Å². The van der Waals surface area contributed by atoms with E-state index in [2.05, 4.69) is 12.2 Å². The minimum absolute atomic E-state index is 0.109. The Bertz CT molecular complexity index is 956. The van der Waals surface area contributed by atoms with Crippen LogP contribution in [0, 0.1) is 5.41 Å². The maximum Gasteiger partial charge on any atom is 0.417 e. The molecule has 1 aromatic heterocycles. The number of imide groups is 1. The molecule has 2 heterocycles. The summed E-state index contributed by atoms with van der Waals surface area (Å²) in [6.45, 7) is 7.43. The minimum Gasteiger partial charge on any atom is -0.449 e. The van der Waals surface area contributed by atoms with E-state index in [4.69, 9.17) is 9.47 Å². The van der Waals surface area contributed by atoms with Crippen LogP contribution < -0.4 is 9.88 Å². The van der Waals surface area contributed by atoms with Gasteiger partial charge in [0, 0.05) is 37.1 Å². The Morgan fingerprint density at radius 1 is 0.818 bits per heavy atom. The second-order valence-corrected chi connectivity index (χ2v) is 13.4. The second-order valence-electron chi connectivity index (χ2n) is 12.4. The predicted octanol–water partition coefficient (Wildman–Crippen LogP) is 8.20. The normalized spacial score (nSPS) is 13.6. The Morgan fingerprint density at radius 3 is 1.86 bits per heavy atom. The maximum absolute atomic E-state index is 12.8. The number of amides is 3. The van der Waals surface area contributed by atoms with E-state index in [1.807, 2.05) is 35.9 Å². The SMILES string of the molecule is CCCCCCCCCCCCCCCCCCNC(=O)OCC1(COC(=O)N(Cc2cccc[n+]2CC)C(C)=O)CSC1. The lowest BCUT2D eigenvalue weighted by Gasteiger charge is -2.39. The predicted molar refractivity (Wildman–Crippen MR) is 179 cm³/mol. The van der Waals surface area contributed by atoms with Gasteiger partial charge in [-0.25, -0.2) is 19.1 Å². The van der Waals surface area contributed by atoms with Gasteiger partial charge in [0.25, 0.3) is 0 Å². The maximum atomic E-state index is 12.8. The molecule has 0 aliphatic carbocycles. The zero-order valence-corrected chi connectivity index (χ0v) is 28.7. The fourth-order valence-electron chi connectivity index (χ4n) is 5.46. The van der Waals surface area contributed by atoms with E-state index in [1.54, 1.807) is 11.8 Å². The molecule has 44 heavy (non-hydrogen) atoms. The number of hydrogen-bond donors (Lipinski definition) is 1. The molecular weight excluding hydrogens is 574 g/mol. The van der Waals surface area contributed by atoms with Gasteiger partial charge in [0.15, 0.2) is 6.20 Å². The molecule has 9 heteroatoms. The summed E-state index contributed by atoms with van der Waals surface area (Å²) in [4.78, 5) is 38.5. The molecule has 1 saturated heterocycles. The van der Waals surface area contributed by atoms with Crippen LogP contribution in [0.25, 0.3) is 0 Å². The van der Waals surface area contributed by atoms with Gasteiger partial charge in [-0.3, -0.25) is 4.79 Å². The minimum atomic E-state index is -0.673. The van der Waals surface area contributed by atoms with Crippen LogP contribution in [0.3, 0.4) is 0 Å². The summed E-state index contributed by atoms with van der Waals surface area (Å²) in [6.07, 6.45) is 22.0. The highest BCUT2D eigenvalue weighted by Gasteiger charge is 2.41. The highest BCUT2D eigenvalue weighted by molar-refractivity contribution is 8.00. The average Bonchev–Trinajstić information content (AvgIpc) is 3.00. The Labute approximate surface area is 271 Å². The van der Waals surface area contributed by atoms with E-state index in [9.17, 15) is 14.4 Å². The lowest BCUT2D eigenvalue weighted by Crippen LogP contribution is -2.48. The number of nitrogens with one attached hydrogen (secondary N) is 1. The molecule has 0 unspecified atom stereocenters. The molecular formula is C35H60N3O5S+. The lowest BCUT2D eigenvalue weighted by atomic mass is 9.94. The number of aromatic nitrogens is 1. The van der Waals surface area contributed by atoms with Gasteiger partial charge in [-0.15, -0.1) is 0 Å². The topological polar surface area (TPSA) is 88.8 Å². The average molecular weight is 635 g/mol. The summed E-state index contributed by atoms with van der Waals surface area (Å²) in [5, 5.41) is 2.86. The third-order valence-corrected chi connectivity index (χ3v) is 10.1. The van der Waals surface area contributed by atoms with Crippen molar-refractivity contribution in [3.8, 4) is 0 Å². The van der Waals surface area contributed by atoms with Gasteiger partial charge in [-0.1, -0.05) is 109 Å². The Kier molecular flexibility index (Phi) is 19.9. The van der Waals surface area contributed by atoms with Crippen molar-refractivity contribution in [2.45, 2.75) is 137 Å². The molecule has 0 spiro atoms. The molecule has 0 radical (unpaired) electrons. The first-order valence-electron chi connectivity index (χ1n) is 17.3. The van der Waals surface area contributed by atoms with Crippen molar-refractivity contribution in [1.29, 1.82) is 0 Å². The Hall–Kier alpha value is -2.29. The van der Waals surface area contributed by atoms with Gasteiger partial charge in [0.05, 0.1) is 5.41 Å². The zero-order valence-electron chi connectivity index (χ0n) is 27.9. The van der Waals surface area contributed by atoms with Crippen molar-refractivity contribution in [1.82, 2.24) is 10.2 Å². The van der Waals surface area contributed by atoms with Gasteiger partial charge >= 0.3 is 12.2 Å². The van der Waals surface area contributed by atoms with Crippen LogP contribution in [0.4, 0.5) is 9.59 Å². The number of rotatable bonds is 24. The number of unbranched alkanes of at least 4 members (excludes halogenated alkanes) is 15. The molecule has 250 valence electrons. The van der Waals surface area contributed by atoms with Crippen molar-refractivity contribution < 1.29 is 28.4 Å². The molecule has 0 bridgehead atoms. The number of nitrogens with zero attached hydrogens (tertiary/aromatic N) is 2. The molecule has 0 aromatic carbocycles. The molecule has 1 aliphatic rings. The molecule has 8 nitrogen and oxygen atoms in total. The zero-order chi connectivity index (χ0) is 31.9. The fraction of sp³-hybridized carbons (Fsp3) is 0.771. The molecule has 2 rings (SSSR count). The van der Waals surface area contributed by atoms with Gasteiger partial charge in [-0.05, 0) is 13.3 Å². The summed E-state index contributed by atoms with van der Waals surface area (Å²) in [5.41, 5.74) is 0.435. The standard InChI is InChI=1S/C35H59N3O5S/c1-4-6-7-8-9-10-11-12-13-14-15-16-17-18-19-21-24-36-33(40)42-27-35(29-44-30-35)28-43-34(41)38(31(3)39)26-32-23-20-22-25-37(32)5-2/h20,22-23,25H,4-19,21,24,26-30H2,1-3H3/p+1. The van der Waals surface area contributed by atoms with Crippen LogP contribution >= 0.6 is 11.8 Å². The number of carbonyl (C=O) groups is 3. The van der Waals surface area contributed by atoms with Crippen molar-refractivity contribution in [2.24, 2.45) is 5.41 Å². The van der Waals surface area contributed by atoms with E-state index in [1.165, 1.54) is 96.8 Å². The third kappa shape index (κ3) is 15.6. The smallest absolute Gasteiger partial charge is 0.417 e. The molecule has 1 aromatic rings. The van der Waals surface area contributed by atoms with Crippen molar-refractivity contribution in [3.63, 3.8) is 0 Å². The second kappa shape index (κ2) is 23.1. The quantitative estimate of drug-likeness (QED) is 0.0911. The molecule has 1 aliphatic heterocycles. The van der Waals surface area contributed by atoms with Gasteiger partial charge < -0.3 is 14.8 Å². The summed E-state index contributed by atoms with van der Waals surface area (Å²) < 4.78 is 13.1. The van der Waals surface area contributed by atoms with Crippen LogP contribution in [0.5, 0.6) is 0 Å². The third-order valence-electron chi connectivity index (χ3n) is 8.42. The first-order chi connectivity index (χ1) is 21.4. The number of hydrogen-bond acceptors (Lipinski definition) is 6. The number of aryl methyl sites for hydroxylation is 1. The highest BCUT2D eigenvalue weighted by atomic mass is 32.2. The van der Waals surface area contributed by atoms with E-state index in [-0.39, 0.29) is 25.7 Å². The molecule has 0 atom stereocenters. The van der Waals surface area contributed by atoms with Gasteiger partial charge in [0.1, 0.15) is 26.3 Å². The van der Waals surface area contributed by atoms with Crippen LogP contribution in [0.15, 0.2) is 24.4 Å². The van der Waals surface area contributed by atoms with E-state index < -0.39 is 17.6 Å². The van der Waals surface area contributed by atoms with Crippen molar-refractivity contribution in [3.05, 3.63) is 30.1 Å². The summed E-state index contributed by atoms with van der Waals surface area (Å²) in [5.74, 6) is 1.10. The summed E-state index contributed by atoms with van der Waals surface area (Å²) >= 11 is 1.72. The molecule has 1 N–H and O–H groups in total. The number of thioether (sulfide) groups is 1. The van der Waals surface area contributed by atoms with Crippen LogP contribution in [-0.4, -0.2) is 54.3 Å². The number of carbonyl (C=O) groups excluding carboxylic acids is 3. The summed E-state index contributed by atoms with van der Waals surface area (Å²) in [6, 6.07) is 5.69. The lowest BCUT2D eigenvalue weighted by molar-refractivity contribution is -0.701. The first kappa shape index (κ1) is 37.9. The van der Waals surface area contributed by atoms with E-state index in [0.29, 0.717) is 6.54 Å². The Morgan fingerprint density at radius 2 is 1.36 bits per heavy atom. The van der Waals surface area contributed by atoms with Gasteiger partial charge in [0.2, 0.25) is 11.6 Å². The monoisotopic (exact) mass is 634 g/mol. The van der Waals surface area contributed by atoms with Crippen LogP contribution in [0.2, 0.25) is 0 Å². The number of ether oxygens (including phenoxy) is 2. The number of pyridine rings is 1. The fourth-order valence-corrected chi connectivity index (χ4v) is 6.57. The van der Waals surface area contributed by atoms with Gasteiger partial charge in [-0.2, -0.15) is 11.8 Å². The number of alkyl carbamates (subject to hydrolysis) is 1. The largest absolute Gasteiger partial charge is 0.449 e. The summed E-state index contributed by atoms with van der Waals surface area (Å²) in [7, 11) is 0. The molecule has 1 fully saturated rings. The molecule has 3 amide bonds. The van der Waals surface area contributed by atoms with Crippen molar-refractivity contribution in [2.75, 3.05) is 31.3 Å².